The molecule has 0 spiro atoms. The van der Waals surface area contributed by atoms with Crippen LogP contribution in [0.1, 0.15) is 51.0 Å². The number of carbonyl (C=O) groups excluding carboxylic acids is 1. The predicted molar refractivity (Wildman–Crippen MR) is 131 cm³/mol. The van der Waals surface area contributed by atoms with E-state index >= 15 is 0 Å². The van der Waals surface area contributed by atoms with Crippen molar-refractivity contribution in [3.8, 4) is 0 Å². The zero-order valence-corrected chi connectivity index (χ0v) is 23.1. The van der Waals surface area contributed by atoms with Crippen molar-refractivity contribution in [2.24, 2.45) is 0 Å². The zero-order valence-electron chi connectivity index (χ0n) is 20.6. The van der Waals surface area contributed by atoms with E-state index in [-0.39, 0.29) is 11.2 Å². The van der Waals surface area contributed by atoms with Gasteiger partial charge in [-0.05, 0) is 51.8 Å². The molecule has 190 valence electrons. The van der Waals surface area contributed by atoms with E-state index in [1.54, 1.807) is 30.2 Å². The molecule has 11 heteroatoms. The summed E-state index contributed by atoms with van der Waals surface area (Å²) in [4.78, 5) is 19.2. The van der Waals surface area contributed by atoms with Gasteiger partial charge >= 0.3 is 12.3 Å². The van der Waals surface area contributed by atoms with E-state index < -0.39 is 37.5 Å². The van der Waals surface area contributed by atoms with Crippen LogP contribution in [0.2, 0.25) is 25.7 Å². The summed E-state index contributed by atoms with van der Waals surface area (Å²) in [6.07, 6.45) is -3.58. The average Bonchev–Trinajstić information content (AvgIpc) is 3.26. The summed E-state index contributed by atoms with van der Waals surface area (Å²) in [6.45, 7) is 13.2. The lowest BCUT2D eigenvalue weighted by Gasteiger charge is -2.28. The number of ether oxygens (including phenoxy) is 2. The van der Waals surface area contributed by atoms with Crippen LogP contribution in [0.15, 0.2) is 16.6 Å². The van der Waals surface area contributed by atoms with Gasteiger partial charge in [-0.15, -0.1) is 0 Å². The van der Waals surface area contributed by atoms with Crippen molar-refractivity contribution in [3.05, 3.63) is 28.0 Å². The van der Waals surface area contributed by atoms with E-state index in [9.17, 15) is 18.0 Å². The predicted octanol–water partition coefficient (Wildman–Crippen LogP) is 7.20. The van der Waals surface area contributed by atoms with Crippen LogP contribution in [0.3, 0.4) is 0 Å². The van der Waals surface area contributed by atoms with E-state index in [1.165, 1.54) is 6.07 Å². The number of rotatable bonds is 6. The molecule has 0 radical (unpaired) electrons. The molecule has 0 aliphatic carbocycles. The molecule has 6 nitrogen and oxygen atoms in total. The van der Waals surface area contributed by atoms with E-state index in [0.717, 1.165) is 18.5 Å². The highest BCUT2D eigenvalue weighted by molar-refractivity contribution is 9.10. The Labute approximate surface area is 207 Å². The summed E-state index contributed by atoms with van der Waals surface area (Å²) < 4.78 is 54.0. The maximum Gasteiger partial charge on any atom is 0.417 e. The zero-order chi connectivity index (χ0) is 25.5. The Balaban J connectivity index is 2.02. The third-order valence-corrected chi connectivity index (χ3v) is 7.93. The Bertz CT molecular complexity index is 1040. The number of fused-ring (bicyclic) bond motifs is 1. The van der Waals surface area contributed by atoms with Crippen molar-refractivity contribution in [2.75, 3.05) is 13.2 Å². The van der Waals surface area contributed by atoms with Crippen LogP contribution >= 0.6 is 15.9 Å². The first-order chi connectivity index (χ1) is 15.6. The molecule has 0 saturated carbocycles. The van der Waals surface area contributed by atoms with Crippen molar-refractivity contribution >= 4 is 41.1 Å². The fourth-order valence-electron chi connectivity index (χ4n) is 3.88. The van der Waals surface area contributed by atoms with Gasteiger partial charge in [0, 0.05) is 25.7 Å². The summed E-state index contributed by atoms with van der Waals surface area (Å²) >= 11 is 3.04. The molecule has 0 N–H and O–H groups in total. The van der Waals surface area contributed by atoms with Gasteiger partial charge in [-0.3, -0.25) is 4.90 Å². The number of nitrogens with zero attached hydrogens (tertiary/aromatic N) is 3. The number of benzene rings is 1. The summed E-state index contributed by atoms with van der Waals surface area (Å²) in [5, 5.41) is 0. The standard InChI is InChI=1S/C23H33BrF3N3O3Si/c1-22(2,3)33-21(31)29-9-7-8-18(29)20-28-17-13-16(24)15(23(25,26)27)12-19(17)30(20)14-32-10-11-34(4,5)6/h12-13,18H,7-11,14H2,1-6H3. The van der Waals surface area contributed by atoms with Gasteiger partial charge < -0.3 is 14.0 Å². The molecule has 1 unspecified atom stereocenters. The molecule has 1 amide bonds. The third kappa shape index (κ3) is 6.54. The number of amides is 1. The number of aromatic nitrogens is 2. The van der Waals surface area contributed by atoms with Crippen LogP contribution in [-0.4, -0.2) is 47.4 Å². The molecule has 2 aromatic rings. The van der Waals surface area contributed by atoms with Crippen LogP contribution in [0.25, 0.3) is 11.0 Å². The van der Waals surface area contributed by atoms with Crippen LogP contribution in [-0.2, 0) is 22.4 Å². The summed E-state index contributed by atoms with van der Waals surface area (Å²) in [7, 11) is -1.34. The topological polar surface area (TPSA) is 56.6 Å². The minimum atomic E-state index is -4.52. The number of alkyl halides is 3. The van der Waals surface area contributed by atoms with Crippen molar-refractivity contribution in [2.45, 2.75) is 83.8 Å². The molecule has 1 saturated heterocycles. The van der Waals surface area contributed by atoms with Crippen LogP contribution in [0, 0.1) is 0 Å². The molecule has 1 atom stereocenters. The van der Waals surface area contributed by atoms with Gasteiger partial charge in [0.1, 0.15) is 18.2 Å². The molecule has 3 rings (SSSR count). The Morgan fingerprint density at radius 3 is 2.50 bits per heavy atom. The Morgan fingerprint density at radius 2 is 1.91 bits per heavy atom. The van der Waals surface area contributed by atoms with Gasteiger partial charge in [-0.1, -0.05) is 35.6 Å². The molecule has 1 aliphatic rings. The lowest BCUT2D eigenvalue weighted by Crippen LogP contribution is -2.37. The maximum atomic E-state index is 13.6. The second-order valence-corrected chi connectivity index (χ2v) is 17.4. The van der Waals surface area contributed by atoms with Gasteiger partial charge in [0.2, 0.25) is 0 Å². The van der Waals surface area contributed by atoms with Gasteiger partial charge in [-0.25, -0.2) is 9.78 Å². The Kier molecular flexibility index (Phi) is 7.79. The summed E-state index contributed by atoms with van der Waals surface area (Å²) in [5.74, 6) is 0.512. The first-order valence-electron chi connectivity index (χ1n) is 11.4. The van der Waals surface area contributed by atoms with E-state index in [2.05, 4.69) is 40.6 Å². The van der Waals surface area contributed by atoms with Crippen LogP contribution in [0.4, 0.5) is 18.0 Å². The molecule has 0 bridgehead atoms. The SMILES string of the molecule is CC(C)(C)OC(=O)N1CCCC1c1nc2cc(Br)c(C(F)(F)F)cc2n1COCC[Si](C)(C)C. The second-order valence-electron chi connectivity index (χ2n) is 10.9. The lowest BCUT2D eigenvalue weighted by molar-refractivity contribution is -0.138. The van der Waals surface area contributed by atoms with Gasteiger partial charge in [-0.2, -0.15) is 13.2 Å². The summed E-state index contributed by atoms with van der Waals surface area (Å²) in [5.41, 5.74) is -0.684. The van der Waals surface area contributed by atoms with E-state index in [0.29, 0.717) is 36.4 Å². The second kappa shape index (κ2) is 9.81. The van der Waals surface area contributed by atoms with Crippen molar-refractivity contribution in [1.29, 1.82) is 0 Å². The molecule has 1 fully saturated rings. The molecule has 2 heterocycles. The van der Waals surface area contributed by atoms with E-state index in [4.69, 9.17) is 9.47 Å². The number of halogens is 4. The highest BCUT2D eigenvalue weighted by Crippen LogP contribution is 2.40. The molecule has 1 aliphatic heterocycles. The average molecular weight is 565 g/mol. The number of likely N-dealkylation sites (tertiary alicyclic amines) is 1. The molecular formula is C23H33BrF3N3O3Si. The smallest absolute Gasteiger partial charge is 0.417 e. The Hall–Kier alpha value is -1.59. The number of hydrogen-bond donors (Lipinski definition) is 0. The van der Waals surface area contributed by atoms with Crippen LogP contribution < -0.4 is 0 Å². The van der Waals surface area contributed by atoms with Crippen molar-refractivity contribution in [1.82, 2.24) is 14.5 Å². The van der Waals surface area contributed by atoms with Crippen LogP contribution in [0.5, 0.6) is 0 Å². The van der Waals surface area contributed by atoms with Crippen molar-refractivity contribution < 1.29 is 27.4 Å². The van der Waals surface area contributed by atoms with Gasteiger partial charge in [0.25, 0.3) is 0 Å². The quantitative estimate of drug-likeness (QED) is 0.275. The van der Waals surface area contributed by atoms with Crippen molar-refractivity contribution in [3.63, 3.8) is 0 Å². The van der Waals surface area contributed by atoms with E-state index in [1.807, 2.05) is 0 Å². The largest absolute Gasteiger partial charge is 0.444 e. The highest BCUT2D eigenvalue weighted by atomic mass is 79.9. The fraction of sp³-hybridized carbons (Fsp3) is 0.652. The van der Waals surface area contributed by atoms with Gasteiger partial charge in [0.15, 0.2) is 0 Å². The minimum absolute atomic E-state index is 0.0634. The molecule has 34 heavy (non-hydrogen) atoms. The lowest BCUT2D eigenvalue weighted by atomic mass is 10.2. The minimum Gasteiger partial charge on any atom is -0.444 e. The Morgan fingerprint density at radius 1 is 1.24 bits per heavy atom. The maximum absolute atomic E-state index is 13.6. The first kappa shape index (κ1) is 27.0. The monoisotopic (exact) mass is 563 g/mol. The normalized spacial score (nSPS) is 17.6. The van der Waals surface area contributed by atoms with Gasteiger partial charge in [0.05, 0.1) is 22.6 Å². The molecule has 1 aromatic carbocycles. The number of hydrogen-bond acceptors (Lipinski definition) is 4. The number of carbonyl (C=O) groups is 1. The fourth-order valence-corrected chi connectivity index (χ4v) is 5.19. The first-order valence-corrected chi connectivity index (χ1v) is 15.9. The third-order valence-electron chi connectivity index (χ3n) is 5.57. The molecule has 1 aromatic heterocycles. The number of imidazole rings is 1. The highest BCUT2D eigenvalue weighted by Gasteiger charge is 2.38. The summed E-state index contributed by atoms with van der Waals surface area (Å²) in [6, 6.07) is 3.01. The molecular weight excluding hydrogens is 531 g/mol.